The molecule has 4 rings (SSSR count). The van der Waals surface area contributed by atoms with Crippen LogP contribution in [0.3, 0.4) is 0 Å². The Bertz CT molecular complexity index is 773. The van der Waals surface area contributed by atoms with E-state index in [-0.39, 0.29) is 36.2 Å². The average molecular weight is 404 g/mol. The molecule has 0 saturated carbocycles. The van der Waals surface area contributed by atoms with Crippen LogP contribution in [0.15, 0.2) is 23.8 Å². The van der Waals surface area contributed by atoms with Gasteiger partial charge in [0.15, 0.2) is 5.78 Å². The Kier molecular flexibility index (Phi) is 5.03. The van der Waals surface area contributed by atoms with Gasteiger partial charge >= 0.3 is 0 Å². The lowest BCUT2D eigenvalue weighted by Crippen LogP contribution is -2.55. The van der Waals surface area contributed by atoms with Crippen LogP contribution in [-0.4, -0.2) is 51.9 Å². The largest absolute Gasteiger partial charge is 0.390 e. The third kappa shape index (κ3) is 3.03. The van der Waals surface area contributed by atoms with Gasteiger partial charge in [-0.3, -0.25) is 9.59 Å². The van der Waals surface area contributed by atoms with Crippen molar-refractivity contribution in [2.75, 3.05) is 0 Å². The zero-order valence-corrected chi connectivity index (χ0v) is 17.7. The standard InChI is InChI=1S/C23H33NO5/c1-12(2)9-15-20-13(3)10-16(25)14-7-5-6-8-19-22(4,29-19)17(26)11-18(27)23(14,20)21(28)24-15/h5,7,10,12,14-17,19-20,25-26H,6,8-9,11H2,1-4H3,(H,24,28)/b7-5+. The summed E-state index contributed by atoms with van der Waals surface area (Å²) in [5.74, 6) is -1.20. The van der Waals surface area contributed by atoms with Gasteiger partial charge in [-0.25, -0.2) is 0 Å². The number of carbonyl (C=O) groups is 2. The summed E-state index contributed by atoms with van der Waals surface area (Å²) in [6.07, 6.45) is 5.73. The van der Waals surface area contributed by atoms with Gasteiger partial charge < -0.3 is 20.3 Å². The molecule has 2 fully saturated rings. The lowest BCUT2D eigenvalue weighted by atomic mass is 9.55. The molecule has 6 heteroatoms. The van der Waals surface area contributed by atoms with Crippen LogP contribution in [0, 0.1) is 23.2 Å². The van der Waals surface area contributed by atoms with Crippen LogP contribution >= 0.6 is 0 Å². The molecule has 2 heterocycles. The minimum Gasteiger partial charge on any atom is -0.390 e. The molecular formula is C23H33NO5. The van der Waals surface area contributed by atoms with Crippen molar-refractivity contribution in [3.63, 3.8) is 0 Å². The van der Waals surface area contributed by atoms with Crippen LogP contribution < -0.4 is 5.32 Å². The Balaban J connectivity index is 1.82. The van der Waals surface area contributed by atoms with Crippen molar-refractivity contribution < 1.29 is 24.5 Å². The van der Waals surface area contributed by atoms with Crippen LogP contribution in [0.5, 0.6) is 0 Å². The molecule has 3 N–H and O–H groups in total. The Morgan fingerprint density at radius 2 is 2.03 bits per heavy atom. The van der Waals surface area contributed by atoms with Gasteiger partial charge in [0, 0.05) is 24.3 Å². The third-order valence-electron chi connectivity index (χ3n) is 7.55. The van der Waals surface area contributed by atoms with E-state index in [2.05, 4.69) is 19.2 Å². The number of carbonyl (C=O) groups excluding carboxylic acids is 2. The van der Waals surface area contributed by atoms with Gasteiger partial charge in [0.25, 0.3) is 0 Å². The number of amides is 1. The number of fused-ring (bicyclic) bond motifs is 1. The van der Waals surface area contributed by atoms with Crippen molar-refractivity contribution in [2.24, 2.45) is 23.2 Å². The van der Waals surface area contributed by atoms with Gasteiger partial charge in [-0.2, -0.15) is 0 Å². The van der Waals surface area contributed by atoms with Crippen LogP contribution in [0.2, 0.25) is 0 Å². The molecule has 1 amide bonds. The summed E-state index contributed by atoms with van der Waals surface area (Å²) in [5.41, 5.74) is -1.25. The summed E-state index contributed by atoms with van der Waals surface area (Å²) in [4.78, 5) is 27.3. The fourth-order valence-corrected chi connectivity index (χ4v) is 6.01. The minimum atomic E-state index is -1.39. The second-order valence-electron chi connectivity index (χ2n) is 9.92. The molecule has 2 aliphatic carbocycles. The number of allylic oxidation sites excluding steroid dienone is 1. The molecule has 0 aromatic heterocycles. The molecule has 6 nitrogen and oxygen atoms in total. The molecule has 8 unspecified atom stereocenters. The first kappa shape index (κ1) is 20.8. The molecule has 0 bridgehead atoms. The second kappa shape index (κ2) is 7.03. The first-order chi connectivity index (χ1) is 13.6. The van der Waals surface area contributed by atoms with Gasteiger partial charge in [0.2, 0.25) is 5.91 Å². The second-order valence-corrected chi connectivity index (χ2v) is 9.92. The van der Waals surface area contributed by atoms with Crippen molar-refractivity contribution in [3.05, 3.63) is 23.8 Å². The maximum atomic E-state index is 13.8. The van der Waals surface area contributed by atoms with E-state index in [1.165, 1.54) is 0 Å². The van der Waals surface area contributed by atoms with E-state index in [0.29, 0.717) is 12.3 Å². The Labute approximate surface area is 172 Å². The number of ether oxygens (including phenoxy) is 1. The van der Waals surface area contributed by atoms with E-state index in [9.17, 15) is 19.8 Å². The molecule has 2 aliphatic heterocycles. The Morgan fingerprint density at radius 1 is 1.31 bits per heavy atom. The van der Waals surface area contributed by atoms with Crippen molar-refractivity contribution >= 4 is 11.7 Å². The fraction of sp³-hybridized carbons (Fsp3) is 0.739. The number of nitrogens with one attached hydrogen (secondary N) is 1. The number of hydrogen-bond acceptors (Lipinski definition) is 5. The summed E-state index contributed by atoms with van der Waals surface area (Å²) < 4.78 is 5.73. The third-order valence-corrected chi connectivity index (χ3v) is 7.55. The van der Waals surface area contributed by atoms with Gasteiger partial charge in [0.05, 0.1) is 18.3 Å². The number of ketones is 1. The van der Waals surface area contributed by atoms with Crippen molar-refractivity contribution in [1.82, 2.24) is 5.32 Å². The molecule has 2 saturated heterocycles. The number of aliphatic hydroxyl groups excluding tert-OH is 2. The highest BCUT2D eigenvalue weighted by molar-refractivity contribution is 6.09. The van der Waals surface area contributed by atoms with Crippen molar-refractivity contribution in [3.8, 4) is 0 Å². The monoisotopic (exact) mass is 403 g/mol. The van der Waals surface area contributed by atoms with E-state index in [1.807, 2.05) is 26.0 Å². The van der Waals surface area contributed by atoms with Crippen LogP contribution in [0.4, 0.5) is 0 Å². The topological polar surface area (TPSA) is 99.2 Å². The SMILES string of the molecule is CC1=CC(O)C2/C=C/CCC3OC3(C)C(O)CC(=O)C23C(=O)NC(CC(C)C)C13. The first-order valence-electron chi connectivity index (χ1n) is 10.9. The van der Waals surface area contributed by atoms with Crippen molar-refractivity contribution in [2.45, 2.75) is 83.3 Å². The molecule has 1 spiro atoms. The van der Waals surface area contributed by atoms with Gasteiger partial charge in [-0.15, -0.1) is 0 Å². The van der Waals surface area contributed by atoms with Crippen LogP contribution in [0.25, 0.3) is 0 Å². The van der Waals surface area contributed by atoms with E-state index in [0.717, 1.165) is 18.4 Å². The predicted octanol–water partition coefficient (Wildman–Crippen LogP) is 1.90. The Hall–Kier alpha value is -1.50. The molecule has 0 aromatic rings. The predicted molar refractivity (Wildman–Crippen MR) is 108 cm³/mol. The van der Waals surface area contributed by atoms with Gasteiger partial charge in [-0.1, -0.05) is 37.6 Å². The van der Waals surface area contributed by atoms with E-state index in [4.69, 9.17) is 4.74 Å². The summed E-state index contributed by atoms with van der Waals surface area (Å²) in [6, 6.07) is -0.158. The van der Waals surface area contributed by atoms with Crippen molar-refractivity contribution in [1.29, 1.82) is 0 Å². The summed E-state index contributed by atoms with van der Waals surface area (Å²) in [7, 11) is 0. The quantitative estimate of drug-likeness (QED) is 0.372. The van der Waals surface area contributed by atoms with Gasteiger partial charge in [0.1, 0.15) is 11.0 Å². The lowest BCUT2D eigenvalue weighted by Gasteiger charge is -2.44. The number of Topliss-reactive ketones (excluding diaryl/α,β-unsaturated/α-hetero) is 1. The summed E-state index contributed by atoms with van der Waals surface area (Å²) in [6.45, 7) is 7.93. The number of epoxide rings is 1. The van der Waals surface area contributed by atoms with E-state index < -0.39 is 29.1 Å². The number of hydrogen-bond donors (Lipinski definition) is 3. The molecule has 0 radical (unpaired) electrons. The molecule has 8 atom stereocenters. The maximum absolute atomic E-state index is 13.8. The van der Waals surface area contributed by atoms with Crippen LogP contribution in [-0.2, 0) is 14.3 Å². The smallest absolute Gasteiger partial charge is 0.235 e. The van der Waals surface area contributed by atoms with E-state index in [1.54, 1.807) is 6.08 Å². The number of aliphatic hydroxyl groups is 2. The zero-order valence-electron chi connectivity index (χ0n) is 17.7. The highest BCUT2D eigenvalue weighted by Crippen LogP contribution is 2.55. The average Bonchev–Trinajstić information content (AvgIpc) is 3.19. The normalized spacial score (nSPS) is 48.0. The number of rotatable bonds is 2. The zero-order chi connectivity index (χ0) is 21.1. The van der Waals surface area contributed by atoms with Crippen LogP contribution in [0.1, 0.15) is 53.4 Å². The molecular weight excluding hydrogens is 370 g/mol. The van der Waals surface area contributed by atoms with E-state index >= 15 is 0 Å². The molecule has 29 heavy (non-hydrogen) atoms. The maximum Gasteiger partial charge on any atom is 0.235 e. The highest BCUT2D eigenvalue weighted by atomic mass is 16.6. The molecule has 0 aromatic carbocycles. The lowest BCUT2D eigenvalue weighted by molar-refractivity contribution is -0.149. The summed E-state index contributed by atoms with van der Waals surface area (Å²) >= 11 is 0. The Morgan fingerprint density at radius 3 is 2.72 bits per heavy atom. The van der Waals surface area contributed by atoms with Gasteiger partial charge in [-0.05, 0) is 39.0 Å². The first-order valence-corrected chi connectivity index (χ1v) is 10.9. The highest BCUT2D eigenvalue weighted by Gasteiger charge is 2.67. The summed E-state index contributed by atoms with van der Waals surface area (Å²) in [5, 5.41) is 24.8. The molecule has 4 aliphatic rings. The fourth-order valence-electron chi connectivity index (χ4n) is 6.01. The minimum absolute atomic E-state index is 0.0840. The molecule has 160 valence electrons.